The molecule has 20 heavy (non-hydrogen) atoms. The van der Waals surface area contributed by atoms with Gasteiger partial charge in [0.25, 0.3) is 5.91 Å². The lowest BCUT2D eigenvalue weighted by molar-refractivity contribution is -0.127. The number of carbonyl (C=O) groups excluding carboxylic acids is 1. The average molecular weight is 282 g/mol. The van der Waals surface area contributed by atoms with Gasteiger partial charge in [-0.15, -0.1) is 0 Å². The molecule has 1 aromatic carbocycles. The summed E-state index contributed by atoms with van der Waals surface area (Å²) in [6.45, 7) is 6.53. The second-order valence-electron chi connectivity index (χ2n) is 5.57. The Morgan fingerprint density at radius 2 is 2.10 bits per heavy atom. The highest BCUT2D eigenvalue weighted by atomic mass is 19.1. The summed E-state index contributed by atoms with van der Waals surface area (Å²) >= 11 is 0. The van der Waals surface area contributed by atoms with E-state index in [0.29, 0.717) is 25.2 Å². The summed E-state index contributed by atoms with van der Waals surface area (Å²) in [5, 5.41) is 0. The fraction of sp³-hybridized carbons (Fsp3) is 0.533. The maximum Gasteiger partial charge on any atom is 0.253 e. The lowest BCUT2D eigenvalue weighted by atomic mass is 10.2. The SMILES string of the molecule is CC(C)(C)OCC(=O)N(CCCN)c1cccc(F)c1. The van der Waals surface area contributed by atoms with Gasteiger partial charge in [-0.3, -0.25) is 4.79 Å². The molecule has 0 radical (unpaired) electrons. The van der Waals surface area contributed by atoms with Gasteiger partial charge in [0.05, 0.1) is 5.60 Å². The van der Waals surface area contributed by atoms with E-state index in [1.54, 1.807) is 12.1 Å². The number of halogens is 1. The minimum Gasteiger partial charge on any atom is -0.366 e. The molecule has 2 N–H and O–H groups in total. The number of nitrogens with zero attached hydrogens (tertiary/aromatic N) is 1. The van der Waals surface area contributed by atoms with Gasteiger partial charge >= 0.3 is 0 Å². The van der Waals surface area contributed by atoms with Crippen molar-refractivity contribution in [3.63, 3.8) is 0 Å². The number of hydrogen-bond donors (Lipinski definition) is 1. The smallest absolute Gasteiger partial charge is 0.253 e. The number of anilines is 1. The topological polar surface area (TPSA) is 55.6 Å². The molecule has 1 rings (SSSR count). The van der Waals surface area contributed by atoms with Crippen LogP contribution in [0.5, 0.6) is 0 Å². The number of hydrogen-bond acceptors (Lipinski definition) is 3. The molecule has 0 aliphatic rings. The third-order valence-electron chi connectivity index (χ3n) is 2.64. The Hall–Kier alpha value is -1.46. The largest absolute Gasteiger partial charge is 0.366 e. The Morgan fingerprint density at radius 1 is 1.40 bits per heavy atom. The molecule has 0 bridgehead atoms. The van der Waals surface area contributed by atoms with Crippen molar-refractivity contribution in [2.45, 2.75) is 32.8 Å². The van der Waals surface area contributed by atoms with Crippen LogP contribution in [0.25, 0.3) is 0 Å². The monoisotopic (exact) mass is 282 g/mol. The van der Waals surface area contributed by atoms with Crippen LogP contribution in [0, 0.1) is 5.82 Å². The van der Waals surface area contributed by atoms with E-state index in [9.17, 15) is 9.18 Å². The number of carbonyl (C=O) groups is 1. The van der Waals surface area contributed by atoms with Gasteiger partial charge in [0.2, 0.25) is 0 Å². The minimum absolute atomic E-state index is 0.0371. The van der Waals surface area contributed by atoms with Crippen LogP contribution in [-0.2, 0) is 9.53 Å². The number of benzene rings is 1. The van der Waals surface area contributed by atoms with Crippen molar-refractivity contribution < 1.29 is 13.9 Å². The van der Waals surface area contributed by atoms with Crippen LogP contribution in [0.2, 0.25) is 0 Å². The first-order valence-corrected chi connectivity index (χ1v) is 6.73. The molecule has 112 valence electrons. The van der Waals surface area contributed by atoms with E-state index in [0.717, 1.165) is 0 Å². The highest BCUT2D eigenvalue weighted by Gasteiger charge is 2.19. The molecule has 0 aromatic heterocycles. The molecule has 1 amide bonds. The maximum atomic E-state index is 13.3. The van der Waals surface area contributed by atoms with Gasteiger partial charge in [0, 0.05) is 12.2 Å². The fourth-order valence-corrected chi connectivity index (χ4v) is 1.65. The second-order valence-corrected chi connectivity index (χ2v) is 5.57. The molecule has 0 fully saturated rings. The zero-order valence-corrected chi connectivity index (χ0v) is 12.4. The number of nitrogens with two attached hydrogens (primary N) is 1. The Labute approximate surface area is 119 Å². The number of amides is 1. The van der Waals surface area contributed by atoms with Gasteiger partial charge in [-0.1, -0.05) is 6.07 Å². The van der Waals surface area contributed by atoms with Gasteiger partial charge in [0.1, 0.15) is 12.4 Å². The van der Waals surface area contributed by atoms with E-state index >= 15 is 0 Å². The van der Waals surface area contributed by atoms with Crippen molar-refractivity contribution in [3.05, 3.63) is 30.1 Å². The normalized spacial score (nSPS) is 11.4. The van der Waals surface area contributed by atoms with Crippen molar-refractivity contribution in [1.82, 2.24) is 0 Å². The van der Waals surface area contributed by atoms with Crippen LogP contribution in [0.3, 0.4) is 0 Å². The standard InChI is InChI=1S/C15H23FN2O2/c1-15(2,3)20-11-14(19)18(9-5-8-17)13-7-4-6-12(16)10-13/h4,6-7,10H,5,8-9,11,17H2,1-3H3. The summed E-state index contributed by atoms with van der Waals surface area (Å²) in [5.41, 5.74) is 5.62. The summed E-state index contributed by atoms with van der Waals surface area (Å²) in [6, 6.07) is 5.97. The number of ether oxygens (including phenoxy) is 1. The van der Waals surface area contributed by atoms with Crippen LogP contribution < -0.4 is 10.6 Å². The van der Waals surface area contributed by atoms with Crippen molar-refractivity contribution in [2.75, 3.05) is 24.6 Å². The van der Waals surface area contributed by atoms with Crippen LogP contribution in [0.15, 0.2) is 24.3 Å². The van der Waals surface area contributed by atoms with Crippen molar-refractivity contribution in [3.8, 4) is 0 Å². The molecule has 0 aliphatic carbocycles. The van der Waals surface area contributed by atoms with Gasteiger partial charge in [-0.2, -0.15) is 0 Å². The van der Waals surface area contributed by atoms with Crippen LogP contribution in [-0.4, -0.2) is 31.2 Å². The summed E-state index contributed by atoms with van der Waals surface area (Å²) < 4.78 is 18.8. The molecule has 0 saturated heterocycles. The Kier molecular flexibility index (Phi) is 6.10. The Bertz CT molecular complexity index is 444. The highest BCUT2D eigenvalue weighted by Crippen LogP contribution is 2.17. The third-order valence-corrected chi connectivity index (χ3v) is 2.64. The summed E-state index contributed by atoms with van der Waals surface area (Å²) in [5.74, 6) is -0.566. The lowest BCUT2D eigenvalue weighted by Crippen LogP contribution is -2.38. The van der Waals surface area contributed by atoms with Gasteiger partial charge in [-0.25, -0.2) is 4.39 Å². The Morgan fingerprint density at radius 3 is 2.65 bits per heavy atom. The fourth-order valence-electron chi connectivity index (χ4n) is 1.65. The lowest BCUT2D eigenvalue weighted by Gasteiger charge is -2.25. The molecule has 0 spiro atoms. The minimum atomic E-state index is -0.392. The van der Waals surface area contributed by atoms with Crippen molar-refractivity contribution >= 4 is 11.6 Å². The Balaban J connectivity index is 2.80. The van der Waals surface area contributed by atoms with E-state index in [1.807, 2.05) is 20.8 Å². The molecule has 0 atom stereocenters. The molecule has 4 nitrogen and oxygen atoms in total. The quantitative estimate of drug-likeness (QED) is 0.871. The molecule has 0 saturated carbocycles. The highest BCUT2D eigenvalue weighted by molar-refractivity contribution is 5.94. The van der Waals surface area contributed by atoms with Crippen LogP contribution in [0.4, 0.5) is 10.1 Å². The van der Waals surface area contributed by atoms with Gasteiger partial charge < -0.3 is 15.4 Å². The first-order chi connectivity index (χ1) is 9.33. The first-order valence-electron chi connectivity index (χ1n) is 6.73. The van der Waals surface area contributed by atoms with Crippen LogP contribution in [0.1, 0.15) is 27.2 Å². The maximum absolute atomic E-state index is 13.3. The molecular formula is C15H23FN2O2. The predicted octanol–water partition coefficient (Wildman–Crippen LogP) is 2.32. The second kappa shape index (κ2) is 7.36. The molecule has 5 heteroatoms. The van der Waals surface area contributed by atoms with Gasteiger partial charge in [0.15, 0.2) is 0 Å². The van der Waals surface area contributed by atoms with Crippen molar-refractivity contribution in [2.24, 2.45) is 5.73 Å². The zero-order valence-electron chi connectivity index (χ0n) is 12.4. The molecule has 0 heterocycles. The van der Waals surface area contributed by atoms with Crippen LogP contribution >= 0.6 is 0 Å². The van der Waals surface area contributed by atoms with E-state index < -0.39 is 5.60 Å². The van der Waals surface area contributed by atoms with E-state index in [2.05, 4.69) is 0 Å². The molecule has 0 unspecified atom stereocenters. The predicted molar refractivity (Wildman–Crippen MR) is 78.1 cm³/mol. The van der Waals surface area contributed by atoms with E-state index in [4.69, 9.17) is 10.5 Å². The van der Waals surface area contributed by atoms with Crippen molar-refractivity contribution in [1.29, 1.82) is 0 Å². The summed E-state index contributed by atoms with van der Waals surface area (Å²) in [4.78, 5) is 13.8. The first kappa shape index (κ1) is 16.6. The number of rotatable bonds is 6. The summed E-state index contributed by atoms with van der Waals surface area (Å²) in [7, 11) is 0. The zero-order chi connectivity index (χ0) is 15.2. The summed E-state index contributed by atoms with van der Waals surface area (Å²) in [6.07, 6.45) is 0.651. The molecule has 1 aromatic rings. The molecular weight excluding hydrogens is 259 g/mol. The third kappa shape index (κ3) is 5.67. The average Bonchev–Trinajstić information content (AvgIpc) is 2.36. The van der Waals surface area contributed by atoms with E-state index in [1.165, 1.54) is 17.0 Å². The van der Waals surface area contributed by atoms with Gasteiger partial charge in [-0.05, 0) is 51.9 Å². The molecule has 0 aliphatic heterocycles. The van der Waals surface area contributed by atoms with E-state index in [-0.39, 0.29) is 18.3 Å².